The van der Waals surface area contributed by atoms with Crippen LogP contribution in [-0.4, -0.2) is 29.8 Å². The number of aryl methyl sites for hydroxylation is 2. The maximum absolute atomic E-state index is 6.49. The summed E-state index contributed by atoms with van der Waals surface area (Å²) in [7, 11) is 0. The van der Waals surface area contributed by atoms with Gasteiger partial charge in [-0.25, -0.2) is 0 Å². The molecule has 0 saturated heterocycles. The molecular formula is C23H33IN4O2. The van der Waals surface area contributed by atoms with Crippen molar-refractivity contribution in [1.29, 1.82) is 0 Å². The summed E-state index contributed by atoms with van der Waals surface area (Å²) in [5.74, 6) is 2.76. The summed E-state index contributed by atoms with van der Waals surface area (Å²) >= 11 is 0. The Balaban J connectivity index is 0.00000256. The van der Waals surface area contributed by atoms with Crippen LogP contribution in [0.5, 0.6) is 5.75 Å². The molecule has 6 nitrogen and oxygen atoms in total. The summed E-state index contributed by atoms with van der Waals surface area (Å²) in [6.07, 6.45) is 6.59. The lowest BCUT2D eigenvalue weighted by Crippen LogP contribution is -2.46. The molecule has 2 heterocycles. The lowest BCUT2D eigenvalue weighted by Gasteiger charge is -2.40. The molecule has 1 unspecified atom stereocenters. The number of hydrogen-bond donors (Lipinski definition) is 2. The fourth-order valence-electron chi connectivity index (χ4n) is 4.70. The summed E-state index contributed by atoms with van der Waals surface area (Å²) in [5, 5.41) is 11.1. The average molecular weight is 524 g/mol. The molecule has 1 atom stereocenters. The number of hydrogen-bond acceptors (Lipinski definition) is 4. The van der Waals surface area contributed by atoms with E-state index in [1.54, 1.807) is 0 Å². The molecule has 1 aliphatic heterocycles. The van der Waals surface area contributed by atoms with Crippen LogP contribution in [0.15, 0.2) is 33.8 Å². The number of rotatable bonds is 5. The minimum Gasteiger partial charge on any atom is -0.487 e. The molecule has 2 N–H and O–H groups in total. The van der Waals surface area contributed by atoms with Crippen LogP contribution in [0.1, 0.15) is 67.7 Å². The van der Waals surface area contributed by atoms with Crippen LogP contribution in [0.4, 0.5) is 0 Å². The van der Waals surface area contributed by atoms with E-state index in [1.807, 2.05) is 13.8 Å². The molecule has 0 amide bonds. The zero-order chi connectivity index (χ0) is 20.3. The van der Waals surface area contributed by atoms with Gasteiger partial charge in [-0.3, -0.25) is 4.99 Å². The number of halogens is 1. The third-order valence-electron chi connectivity index (χ3n) is 6.18. The first-order valence-corrected chi connectivity index (χ1v) is 10.8. The fraction of sp³-hybridized carbons (Fsp3) is 0.565. The molecule has 1 aromatic heterocycles. The lowest BCUT2D eigenvalue weighted by atomic mass is 9.86. The van der Waals surface area contributed by atoms with E-state index in [2.05, 4.69) is 47.0 Å². The number of para-hydroxylation sites is 1. The number of guanidine groups is 1. The second-order valence-corrected chi connectivity index (χ2v) is 8.24. The maximum Gasteiger partial charge on any atom is 0.191 e. The smallest absolute Gasteiger partial charge is 0.191 e. The highest BCUT2D eigenvalue weighted by Crippen LogP contribution is 2.46. The molecule has 30 heavy (non-hydrogen) atoms. The minimum atomic E-state index is -0.0277. The summed E-state index contributed by atoms with van der Waals surface area (Å²) < 4.78 is 11.8. The first-order valence-electron chi connectivity index (χ1n) is 10.8. The van der Waals surface area contributed by atoms with Gasteiger partial charge in [0.25, 0.3) is 0 Å². The third kappa shape index (κ3) is 4.92. The van der Waals surface area contributed by atoms with Crippen molar-refractivity contribution in [3.63, 3.8) is 0 Å². The second-order valence-electron chi connectivity index (χ2n) is 8.24. The van der Waals surface area contributed by atoms with E-state index < -0.39 is 0 Å². The second kappa shape index (κ2) is 10.0. The van der Waals surface area contributed by atoms with Crippen LogP contribution in [0.3, 0.4) is 0 Å². The Hall–Kier alpha value is -1.77. The normalized spacial score (nSPS) is 19.7. The lowest BCUT2D eigenvalue weighted by molar-refractivity contribution is 0.0396. The zero-order valence-corrected chi connectivity index (χ0v) is 20.5. The molecule has 1 spiro atoms. The van der Waals surface area contributed by atoms with E-state index >= 15 is 0 Å². The Kier molecular flexibility index (Phi) is 7.65. The van der Waals surface area contributed by atoms with Crippen molar-refractivity contribution in [3.05, 3.63) is 46.8 Å². The van der Waals surface area contributed by atoms with Crippen LogP contribution in [0.2, 0.25) is 0 Å². The monoisotopic (exact) mass is 524 g/mol. The SMILES string of the molecule is CCNC(=NCCc1c(C)noc1C)NC1CC2(CCCC2)Oc2ccccc21.I. The zero-order valence-electron chi connectivity index (χ0n) is 18.2. The van der Waals surface area contributed by atoms with Crippen molar-refractivity contribution in [2.24, 2.45) is 4.99 Å². The van der Waals surface area contributed by atoms with E-state index in [4.69, 9.17) is 14.3 Å². The quantitative estimate of drug-likeness (QED) is 0.333. The molecular weight excluding hydrogens is 491 g/mol. The topological polar surface area (TPSA) is 71.7 Å². The van der Waals surface area contributed by atoms with Crippen LogP contribution in [0, 0.1) is 13.8 Å². The van der Waals surface area contributed by atoms with E-state index in [9.17, 15) is 0 Å². The van der Waals surface area contributed by atoms with Gasteiger partial charge in [-0.15, -0.1) is 24.0 Å². The van der Waals surface area contributed by atoms with Gasteiger partial charge in [0.15, 0.2) is 5.96 Å². The highest BCUT2D eigenvalue weighted by Gasteiger charge is 2.43. The van der Waals surface area contributed by atoms with Crippen LogP contribution >= 0.6 is 24.0 Å². The largest absolute Gasteiger partial charge is 0.487 e. The van der Waals surface area contributed by atoms with Gasteiger partial charge in [0.05, 0.1) is 11.7 Å². The first kappa shape index (κ1) is 22.9. The predicted octanol–water partition coefficient (Wildman–Crippen LogP) is 4.84. The van der Waals surface area contributed by atoms with Gasteiger partial charge in [-0.1, -0.05) is 23.4 Å². The summed E-state index contributed by atoms with van der Waals surface area (Å²) in [5.41, 5.74) is 3.31. The molecule has 2 aliphatic rings. The number of fused-ring (bicyclic) bond motifs is 1. The number of nitrogens with zero attached hydrogens (tertiary/aromatic N) is 2. The van der Waals surface area contributed by atoms with E-state index in [-0.39, 0.29) is 35.6 Å². The standard InChI is InChI=1S/C23H32N4O2.HI/c1-4-24-22(25-14-11-18-16(2)27-29-17(18)3)26-20-15-23(12-7-8-13-23)28-21-10-6-5-9-19(20)21;/h5-6,9-10,20H,4,7-8,11-15H2,1-3H3,(H2,24,25,26);1H. The minimum absolute atomic E-state index is 0. The Morgan fingerprint density at radius 1 is 1.23 bits per heavy atom. The van der Waals surface area contributed by atoms with Gasteiger partial charge in [-0.2, -0.15) is 0 Å². The Labute approximate surface area is 196 Å². The molecule has 7 heteroatoms. The molecule has 0 bridgehead atoms. The van der Waals surface area contributed by atoms with E-state index in [1.165, 1.54) is 18.4 Å². The highest BCUT2D eigenvalue weighted by molar-refractivity contribution is 14.0. The van der Waals surface area contributed by atoms with Gasteiger partial charge < -0.3 is 19.9 Å². The van der Waals surface area contributed by atoms with Crippen LogP contribution in [0.25, 0.3) is 0 Å². The van der Waals surface area contributed by atoms with Crippen molar-refractivity contribution < 1.29 is 9.26 Å². The summed E-state index contributed by atoms with van der Waals surface area (Å²) in [6, 6.07) is 8.63. The molecule has 1 fully saturated rings. The molecule has 4 rings (SSSR count). The number of aliphatic imine (C=N–C) groups is 1. The van der Waals surface area contributed by atoms with E-state index in [0.29, 0.717) is 6.54 Å². The molecule has 1 saturated carbocycles. The molecule has 164 valence electrons. The van der Waals surface area contributed by atoms with Gasteiger partial charge in [-0.05, 0) is 58.9 Å². The number of aromatic nitrogens is 1. The number of nitrogens with one attached hydrogen (secondary N) is 2. The predicted molar refractivity (Wildman–Crippen MR) is 130 cm³/mol. The van der Waals surface area contributed by atoms with E-state index in [0.717, 1.165) is 61.0 Å². The first-order chi connectivity index (χ1) is 14.1. The number of ether oxygens (including phenoxy) is 1. The maximum atomic E-state index is 6.49. The molecule has 1 aliphatic carbocycles. The molecule has 2 aromatic rings. The van der Waals surface area contributed by atoms with Gasteiger partial charge >= 0.3 is 0 Å². The van der Waals surface area contributed by atoms with Crippen molar-refractivity contribution in [3.8, 4) is 5.75 Å². The van der Waals surface area contributed by atoms with Gasteiger partial charge in [0.1, 0.15) is 17.1 Å². The Bertz CT molecular complexity index is 854. The third-order valence-corrected chi connectivity index (χ3v) is 6.18. The van der Waals surface area contributed by atoms with Crippen molar-refractivity contribution in [1.82, 2.24) is 15.8 Å². The highest BCUT2D eigenvalue weighted by atomic mass is 127. The Morgan fingerprint density at radius 3 is 2.70 bits per heavy atom. The summed E-state index contributed by atoms with van der Waals surface area (Å²) in [6.45, 7) is 7.56. The molecule has 1 aromatic carbocycles. The van der Waals surface area contributed by atoms with Crippen molar-refractivity contribution in [2.75, 3.05) is 13.1 Å². The number of benzene rings is 1. The van der Waals surface area contributed by atoms with Gasteiger partial charge in [0.2, 0.25) is 0 Å². The van der Waals surface area contributed by atoms with Crippen LogP contribution in [-0.2, 0) is 6.42 Å². The fourth-order valence-corrected chi connectivity index (χ4v) is 4.70. The molecule has 0 radical (unpaired) electrons. The van der Waals surface area contributed by atoms with Crippen molar-refractivity contribution in [2.45, 2.75) is 70.9 Å². The van der Waals surface area contributed by atoms with Crippen molar-refractivity contribution >= 4 is 29.9 Å². The Morgan fingerprint density at radius 2 is 2.00 bits per heavy atom. The van der Waals surface area contributed by atoms with Gasteiger partial charge in [0, 0.05) is 30.6 Å². The average Bonchev–Trinajstić information content (AvgIpc) is 3.29. The van der Waals surface area contributed by atoms with Crippen LogP contribution < -0.4 is 15.4 Å². The summed E-state index contributed by atoms with van der Waals surface area (Å²) in [4.78, 5) is 4.84.